The third-order valence-electron chi connectivity index (χ3n) is 4.31. The van der Waals surface area contributed by atoms with E-state index in [0.29, 0.717) is 34.9 Å². The zero-order chi connectivity index (χ0) is 17.4. The molecule has 0 bridgehead atoms. The summed E-state index contributed by atoms with van der Waals surface area (Å²) in [5.74, 6) is -0.271. The van der Waals surface area contributed by atoms with Crippen LogP contribution in [0.5, 0.6) is 5.75 Å². The minimum absolute atomic E-state index is 0.189. The number of pyridine rings is 1. The van der Waals surface area contributed by atoms with Crippen LogP contribution >= 0.6 is 11.6 Å². The van der Waals surface area contributed by atoms with E-state index in [1.54, 1.807) is 30.5 Å². The van der Waals surface area contributed by atoms with Crippen LogP contribution in [0.2, 0.25) is 5.02 Å². The van der Waals surface area contributed by atoms with Gasteiger partial charge in [-0.05, 0) is 42.8 Å². The number of hydrogen-bond acceptors (Lipinski definition) is 3. The number of nitrogens with one attached hydrogen (secondary N) is 1. The fourth-order valence-electron chi connectivity index (χ4n) is 3.09. The van der Waals surface area contributed by atoms with Crippen molar-refractivity contribution in [1.82, 2.24) is 4.98 Å². The first-order chi connectivity index (χ1) is 12.1. The first-order valence-corrected chi connectivity index (χ1v) is 8.26. The topological polar surface area (TPSA) is 51.2 Å². The Hall–Kier alpha value is -2.66. The van der Waals surface area contributed by atoms with Crippen LogP contribution in [0.25, 0.3) is 10.8 Å². The molecule has 2 aromatic carbocycles. The molecule has 2 heterocycles. The summed E-state index contributed by atoms with van der Waals surface area (Å²) in [5, 5.41) is 4.80. The van der Waals surface area contributed by atoms with E-state index in [1.807, 2.05) is 0 Å². The zero-order valence-corrected chi connectivity index (χ0v) is 13.9. The summed E-state index contributed by atoms with van der Waals surface area (Å²) in [7, 11) is 0. The Bertz CT molecular complexity index is 977. The molecule has 6 heteroatoms. The van der Waals surface area contributed by atoms with Crippen molar-refractivity contribution < 1.29 is 13.9 Å². The van der Waals surface area contributed by atoms with E-state index in [1.165, 1.54) is 18.3 Å². The van der Waals surface area contributed by atoms with Crippen molar-refractivity contribution in [1.29, 1.82) is 0 Å². The molecule has 4 rings (SSSR count). The third kappa shape index (κ3) is 3.03. The van der Waals surface area contributed by atoms with Crippen LogP contribution in [0.3, 0.4) is 0 Å². The SMILES string of the molecule is O=C(Nc1cncc2ccc(F)cc12)[C@@H]1CCOc2ccc(Cl)cc21. The highest BCUT2D eigenvalue weighted by atomic mass is 35.5. The van der Waals surface area contributed by atoms with Crippen molar-refractivity contribution in [2.45, 2.75) is 12.3 Å². The van der Waals surface area contributed by atoms with Gasteiger partial charge in [0.1, 0.15) is 11.6 Å². The lowest BCUT2D eigenvalue weighted by atomic mass is 9.92. The molecule has 1 atom stereocenters. The van der Waals surface area contributed by atoms with Crippen molar-refractivity contribution in [2.75, 3.05) is 11.9 Å². The molecule has 0 saturated carbocycles. The number of carbonyl (C=O) groups is 1. The number of carbonyl (C=O) groups excluding carboxylic acids is 1. The van der Waals surface area contributed by atoms with Crippen LogP contribution in [0, 0.1) is 5.82 Å². The van der Waals surface area contributed by atoms with Gasteiger partial charge in [-0.15, -0.1) is 0 Å². The highest BCUT2D eigenvalue weighted by Crippen LogP contribution is 2.36. The lowest BCUT2D eigenvalue weighted by Gasteiger charge is -2.25. The summed E-state index contributed by atoms with van der Waals surface area (Å²) in [4.78, 5) is 17.0. The van der Waals surface area contributed by atoms with Crippen molar-refractivity contribution >= 4 is 34.0 Å². The maximum atomic E-state index is 13.6. The van der Waals surface area contributed by atoms with E-state index < -0.39 is 0 Å². The Morgan fingerprint density at radius 2 is 2.12 bits per heavy atom. The average molecular weight is 357 g/mol. The number of ether oxygens (including phenoxy) is 1. The average Bonchev–Trinajstić information content (AvgIpc) is 2.61. The maximum Gasteiger partial charge on any atom is 0.232 e. The molecular formula is C19H14ClFN2O2. The Kier molecular flexibility index (Phi) is 4.01. The fourth-order valence-corrected chi connectivity index (χ4v) is 3.27. The number of nitrogens with zero attached hydrogens (tertiary/aromatic N) is 1. The largest absolute Gasteiger partial charge is 0.493 e. The molecule has 1 aliphatic heterocycles. The van der Waals surface area contributed by atoms with Crippen molar-refractivity contribution in [2.24, 2.45) is 0 Å². The second-order valence-corrected chi connectivity index (χ2v) is 6.35. The van der Waals surface area contributed by atoms with Crippen LogP contribution in [0.4, 0.5) is 10.1 Å². The monoisotopic (exact) mass is 356 g/mol. The molecule has 0 spiro atoms. The molecule has 1 aromatic heterocycles. The van der Waals surface area contributed by atoms with Crippen LogP contribution in [0.1, 0.15) is 17.9 Å². The van der Waals surface area contributed by atoms with Gasteiger partial charge in [0.15, 0.2) is 0 Å². The number of benzene rings is 2. The summed E-state index contributed by atoms with van der Waals surface area (Å²) in [6.07, 6.45) is 3.71. The highest BCUT2D eigenvalue weighted by molar-refractivity contribution is 6.30. The maximum absolute atomic E-state index is 13.6. The van der Waals surface area contributed by atoms with Gasteiger partial charge in [0.05, 0.1) is 24.4 Å². The van der Waals surface area contributed by atoms with Gasteiger partial charge < -0.3 is 10.1 Å². The molecule has 126 valence electrons. The van der Waals surface area contributed by atoms with E-state index in [9.17, 15) is 9.18 Å². The summed E-state index contributed by atoms with van der Waals surface area (Å²) >= 11 is 6.06. The summed E-state index contributed by atoms with van der Waals surface area (Å²) in [6, 6.07) is 9.65. The van der Waals surface area contributed by atoms with E-state index in [0.717, 1.165) is 10.9 Å². The summed E-state index contributed by atoms with van der Waals surface area (Å²) in [6.45, 7) is 0.454. The van der Waals surface area contributed by atoms with E-state index >= 15 is 0 Å². The Morgan fingerprint density at radius 3 is 3.00 bits per heavy atom. The minimum atomic E-state index is -0.383. The second kappa shape index (κ2) is 6.33. The number of amides is 1. The van der Waals surface area contributed by atoms with Crippen LogP contribution < -0.4 is 10.1 Å². The molecule has 0 saturated heterocycles. The number of hydrogen-bond donors (Lipinski definition) is 1. The molecule has 1 amide bonds. The lowest BCUT2D eigenvalue weighted by Crippen LogP contribution is -2.26. The first kappa shape index (κ1) is 15.8. The minimum Gasteiger partial charge on any atom is -0.493 e. The molecular weight excluding hydrogens is 343 g/mol. The molecule has 0 radical (unpaired) electrons. The number of fused-ring (bicyclic) bond motifs is 2. The second-order valence-electron chi connectivity index (χ2n) is 5.91. The van der Waals surface area contributed by atoms with Crippen LogP contribution in [-0.4, -0.2) is 17.5 Å². The molecule has 1 aliphatic rings. The van der Waals surface area contributed by atoms with Gasteiger partial charge in [0.25, 0.3) is 0 Å². The predicted octanol–water partition coefficient (Wildman–Crippen LogP) is 4.53. The van der Waals surface area contributed by atoms with Gasteiger partial charge in [-0.3, -0.25) is 9.78 Å². The molecule has 4 nitrogen and oxygen atoms in total. The van der Waals surface area contributed by atoms with Gasteiger partial charge in [-0.1, -0.05) is 11.6 Å². The predicted molar refractivity (Wildman–Crippen MR) is 94.6 cm³/mol. The highest BCUT2D eigenvalue weighted by Gasteiger charge is 2.28. The van der Waals surface area contributed by atoms with Crippen molar-refractivity contribution in [3.05, 3.63) is 65.2 Å². The molecule has 25 heavy (non-hydrogen) atoms. The van der Waals surface area contributed by atoms with Crippen LogP contribution in [0.15, 0.2) is 48.8 Å². The van der Waals surface area contributed by atoms with E-state index in [4.69, 9.17) is 16.3 Å². The third-order valence-corrected chi connectivity index (χ3v) is 4.54. The first-order valence-electron chi connectivity index (χ1n) is 7.88. The van der Waals surface area contributed by atoms with Gasteiger partial charge in [0.2, 0.25) is 5.91 Å². The van der Waals surface area contributed by atoms with E-state index in [2.05, 4.69) is 10.3 Å². The molecule has 0 unspecified atom stereocenters. The molecule has 0 aliphatic carbocycles. The smallest absolute Gasteiger partial charge is 0.232 e. The standard InChI is InChI=1S/C19H14ClFN2O2/c20-12-2-4-18-16(7-12)14(5-6-25-18)19(24)23-17-10-22-9-11-1-3-13(21)8-15(11)17/h1-4,7-10,14H,5-6H2,(H,23,24)/t14-/m1/s1. The number of halogens is 2. The van der Waals surface area contributed by atoms with Gasteiger partial charge >= 0.3 is 0 Å². The number of anilines is 1. The summed E-state index contributed by atoms with van der Waals surface area (Å²) in [5.41, 5.74) is 1.24. The Labute approximate surface area is 148 Å². The normalized spacial score (nSPS) is 16.2. The quantitative estimate of drug-likeness (QED) is 0.733. The molecule has 1 N–H and O–H groups in total. The van der Waals surface area contributed by atoms with Gasteiger partial charge in [-0.2, -0.15) is 0 Å². The Morgan fingerprint density at radius 1 is 1.24 bits per heavy atom. The van der Waals surface area contributed by atoms with Crippen LogP contribution in [-0.2, 0) is 4.79 Å². The van der Waals surface area contributed by atoms with Gasteiger partial charge in [0, 0.05) is 27.6 Å². The van der Waals surface area contributed by atoms with E-state index in [-0.39, 0.29) is 17.6 Å². The molecule has 0 fully saturated rings. The van der Waals surface area contributed by atoms with Gasteiger partial charge in [-0.25, -0.2) is 4.39 Å². The number of rotatable bonds is 2. The molecule has 3 aromatic rings. The lowest BCUT2D eigenvalue weighted by molar-refractivity contribution is -0.118. The van der Waals surface area contributed by atoms with Crippen molar-refractivity contribution in [3.63, 3.8) is 0 Å². The number of aromatic nitrogens is 1. The zero-order valence-electron chi connectivity index (χ0n) is 13.1. The Balaban J connectivity index is 1.68. The van der Waals surface area contributed by atoms with Crippen molar-refractivity contribution in [3.8, 4) is 5.75 Å². The fraction of sp³-hybridized carbons (Fsp3) is 0.158. The summed E-state index contributed by atoms with van der Waals surface area (Å²) < 4.78 is 19.2.